The first-order valence-corrected chi connectivity index (χ1v) is 11.1. The van der Waals surface area contributed by atoms with Gasteiger partial charge in [-0.2, -0.15) is 0 Å². The average molecular weight is 492 g/mol. The molecule has 5 heterocycles. The van der Waals surface area contributed by atoms with Crippen LogP contribution in [0.2, 0.25) is 0 Å². The first-order chi connectivity index (χ1) is 16.0. The molecule has 0 amide bonds. The Morgan fingerprint density at radius 3 is 1.62 bits per heavy atom. The SMILES string of the molecule is Cc1ccc(C2=CC3=CC4=NC(=CC5=NC(=CC6=NC(=CC2=N3)C=C6)C=C5)C=C4)c(C)c1C.[Zn]. The number of rotatable bonds is 1. The van der Waals surface area contributed by atoms with Crippen LogP contribution in [0.3, 0.4) is 0 Å². The molecule has 5 aliphatic heterocycles. The number of nitrogens with zero attached hydrogens (tertiary/aromatic N) is 4. The van der Waals surface area contributed by atoms with Gasteiger partial charge in [-0.25, -0.2) is 20.0 Å². The predicted octanol–water partition coefficient (Wildman–Crippen LogP) is 6.03. The van der Waals surface area contributed by atoms with E-state index in [9.17, 15) is 0 Å². The molecule has 0 saturated heterocycles. The Morgan fingerprint density at radius 1 is 0.500 bits per heavy atom. The second-order valence-electron chi connectivity index (χ2n) is 8.62. The maximum absolute atomic E-state index is 4.96. The van der Waals surface area contributed by atoms with E-state index in [1.54, 1.807) is 0 Å². The third-order valence-corrected chi connectivity index (χ3v) is 6.39. The minimum Gasteiger partial charge on any atom is -0.249 e. The van der Waals surface area contributed by atoms with Gasteiger partial charge in [0.05, 0.1) is 45.6 Å². The summed E-state index contributed by atoms with van der Waals surface area (Å²) in [6.07, 6.45) is 22.3. The summed E-state index contributed by atoms with van der Waals surface area (Å²) < 4.78 is 0. The van der Waals surface area contributed by atoms with Crippen molar-refractivity contribution >= 4 is 28.4 Å². The average Bonchev–Trinajstić information content (AvgIpc) is 3.58. The molecular weight excluding hydrogens is 470 g/mol. The van der Waals surface area contributed by atoms with Crippen LogP contribution in [0.15, 0.2) is 122 Å². The van der Waals surface area contributed by atoms with Crippen LogP contribution in [0.25, 0.3) is 5.57 Å². The van der Waals surface area contributed by atoms with Crippen LogP contribution in [-0.4, -0.2) is 22.8 Å². The molecule has 5 aliphatic rings. The topological polar surface area (TPSA) is 49.4 Å². The van der Waals surface area contributed by atoms with Gasteiger partial charge in [0.1, 0.15) is 0 Å². The van der Waals surface area contributed by atoms with Crippen molar-refractivity contribution in [3.63, 3.8) is 0 Å². The van der Waals surface area contributed by atoms with Gasteiger partial charge in [0.2, 0.25) is 0 Å². The Balaban J connectivity index is 0.00000241. The smallest absolute Gasteiger partial charge is 0.0737 e. The second kappa shape index (κ2) is 8.66. The predicted molar refractivity (Wildman–Crippen MR) is 138 cm³/mol. The van der Waals surface area contributed by atoms with E-state index in [1.807, 2.05) is 54.7 Å². The summed E-state index contributed by atoms with van der Waals surface area (Å²) in [4.78, 5) is 19.2. The van der Waals surface area contributed by atoms with Crippen LogP contribution >= 0.6 is 0 Å². The summed E-state index contributed by atoms with van der Waals surface area (Å²) in [5.74, 6) is 0. The van der Waals surface area contributed by atoms with E-state index in [1.165, 1.54) is 22.3 Å². The van der Waals surface area contributed by atoms with E-state index in [4.69, 9.17) is 15.0 Å². The molecule has 5 heteroatoms. The summed E-state index contributed by atoms with van der Waals surface area (Å²) in [5.41, 5.74) is 13.3. The molecule has 0 aliphatic carbocycles. The van der Waals surface area contributed by atoms with Gasteiger partial charge in [-0.05, 0) is 110 Å². The number of fused-ring (bicyclic) bond motifs is 4. The van der Waals surface area contributed by atoms with Crippen LogP contribution in [0, 0.1) is 20.8 Å². The molecule has 160 valence electrons. The van der Waals surface area contributed by atoms with Crippen LogP contribution in [0.5, 0.6) is 0 Å². The van der Waals surface area contributed by atoms with Crippen LogP contribution in [0.1, 0.15) is 22.3 Å². The zero-order valence-corrected chi connectivity index (χ0v) is 22.5. The molecule has 1 aromatic carbocycles. The van der Waals surface area contributed by atoms with Crippen LogP contribution < -0.4 is 0 Å². The Morgan fingerprint density at radius 2 is 1.03 bits per heavy atom. The van der Waals surface area contributed by atoms with Gasteiger partial charge in [0.25, 0.3) is 0 Å². The number of hydrogen-bond acceptors (Lipinski definition) is 4. The van der Waals surface area contributed by atoms with Gasteiger partial charge in [0, 0.05) is 25.1 Å². The van der Waals surface area contributed by atoms with Gasteiger partial charge in [-0.15, -0.1) is 0 Å². The Hall–Kier alpha value is -3.56. The first-order valence-electron chi connectivity index (χ1n) is 11.1. The number of hydrogen-bond donors (Lipinski definition) is 0. The normalized spacial score (nSPS) is 19.4. The monoisotopic (exact) mass is 490 g/mol. The molecule has 8 bridgehead atoms. The molecule has 0 atom stereocenters. The number of aryl methyl sites for hydroxylation is 1. The van der Waals surface area contributed by atoms with E-state index in [0.717, 1.165) is 51.2 Å². The fraction of sp³-hybridized carbons (Fsp3) is 0.103. The number of aliphatic imine (C=N–C) groups is 4. The maximum Gasteiger partial charge on any atom is 0.0737 e. The minimum atomic E-state index is 0. The molecule has 1 aromatic rings. The van der Waals surface area contributed by atoms with Crippen molar-refractivity contribution in [3.8, 4) is 0 Å². The van der Waals surface area contributed by atoms with E-state index in [2.05, 4.69) is 50.0 Å². The fourth-order valence-electron chi connectivity index (χ4n) is 4.36. The summed E-state index contributed by atoms with van der Waals surface area (Å²) in [6.45, 7) is 6.52. The van der Waals surface area contributed by atoms with Gasteiger partial charge < -0.3 is 0 Å². The van der Waals surface area contributed by atoms with Crippen molar-refractivity contribution in [3.05, 3.63) is 124 Å². The van der Waals surface area contributed by atoms with Gasteiger partial charge >= 0.3 is 0 Å². The van der Waals surface area contributed by atoms with E-state index >= 15 is 0 Å². The van der Waals surface area contributed by atoms with E-state index in [0.29, 0.717) is 0 Å². The quantitative estimate of drug-likeness (QED) is 0.431. The maximum atomic E-state index is 4.96. The molecule has 0 aromatic heterocycles. The third kappa shape index (κ3) is 4.08. The van der Waals surface area contributed by atoms with Crippen LogP contribution in [0.4, 0.5) is 0 Å². The Kier molecular flexibility index (Phi) is 5.67. The zero-order valence-electron chi connectivity index (χ0n) is 19.5. The van der Waals surface area contributed by atoms with Crippen molar-refractivity contribution in [1.82, 2.24) is 0 Å². The van der Waals surface area contributed by atoms with E-state index in [-0.39, 0.29) is 19.5 Å². The molecule has 0 radical (unpaired) electrons. The Bertz CT molecular complexity index is 1510. The zero-order chi connectivity index (χ0) is 22.5. The number of benzene rings is 1. The first kappa shape index (κ1) is 22.2. The molecule has 34 heavy (non-hydrogen) atoms. The molecular formula is C29H22N4Zn. The van der Waals surface area contributed by atoms with E-state index < -0.39 is 0 Å². The van der Waals surface area contributed by atoms with Crippen molar-refractivity contribution in [2.45, 2.75) is 20.8 Å². The second-order valence-corrected chi connectivity index (χ2v) is 8.62. The minimum absolute atomic E-state index is 0. The fourth-order valence-corrected chi connectivity index (χ4v) is 4.36. The molecule has 0 spiro atoms. The van der Waals surface area contributed by atoms with Crippen molar-refractivity contribution in [2.75, 3.05) is 0 Å². The van der Waals surface area contributed by atoms with Gasteiger partial charge in [-0.3, -0.25) is 0 Å². The number of allylic oxidation sites excluding steroid dienone is 12. The molecule has 4 nitrogen and oxygen atoms in total. The Labute approximate surface area is 212 Å². The van der Waals surface area contributed by atoms with Crippen molar-refractivity contribution < 1.29 is 19.5 Å². The third-order valence-electron chi connectivity index (χ3n) is 6.39. The molecule has 0 saturated carbocycles. The summed E-state index contributed by atoms with van der Waals surface area (Å²) in [6, 6.07) is 4.38. The van der Waals surface area contributed by atoms with Crippen LogP contribution in [-0.2, 0) is 19.5 Å². The molecule has 0 fully saturated rings. The standard InChI is InChI=1S/C29H22N4.Zn/c1-17-4-11-27(19(3)18(17)2)28-15-26-14-24-8-7-22(31-24)12-20-5-6-21(30-20)13-23-9-10-25(32-23)16-29(28)33-26;/h4-16H,1-3H3;. The molecule has 0 N–H and O–H groups in total. The summed E-state index contributed by atoms with van der Waals surface area (Å²) in [5, 5.41) is 0. The van der Waals surface area contributed by atoms with Crippen molar-refractivity contribution in [1.29, 1.82) is 0 Å². The largest absolute Gasteiger partial charge is 0.249 e. The molecule has 6 rings (SSSR count). The summed E-state index contributed by atoms with van der Waals surface area (Å²) in [7, 11) is 0. The van der Waals surface area contributed by atoms with Gasteiger partial charge in [-0.1, -0.05) is 12.1 Å². The van der Waals surface area contributed by atoms with Crippen molar-refractivity contribution in [2.24, 2.45) is 20.0 Å². The summed E-state index contributed by atoms with van der Waals surface area (Å²) >= 11 is 0. The van der Waals surface area contributed by atoms with Gasteiger partial charge in [0.15, 0.2) is 0 Å². The molecule has 0 unspecified atom stereocenters.